The predicted molar refractivity (Wildman–Crippen MR) is 67.1 cm³/mol. The Morgan fingerprint density at radius 1 is 1.61 bits per heavy atom. The molecule has 1 aromatic rings. The van der Waals surface area contributed by atoms with Gasteiger partial charge < -0.3 is 20.4 Å². The van der Waals surface area contributed by atoms with Crippen molar-refractivity contribution in [3.05, 3.63) is 18.2 Å². The van der Waals surface area contributed by atoms with Crippen LogP contribution in [0.3, 0.4) is 0 Å². The van der Waals surface area contributed by atoms with Gasteiger partial charge in [0.1, 0.15) is 12.4 Å². The molecular formula is C12H20N4O2. The zero-order chi connectivity index (χ0) is 12.8. The first-order valence-corrected chi connectivity index (χ1v) is 6.28. The third-order valence-electron chi connectivity index (χ3n) is 3.02. The van der Waals surface area contributed by atoms with E-state index >= 15 is 0 Å². The third-order valence-corrected chi connectivity index (χ3v) is 3.02. The van der Waals surface area contributed by atoms with Crippen LogP contribution in [-0.4, -0.2) is 47.7 Å². The fourth-order valence-corrected chi connectivity index (χ4v) is 1.79. The maximum absolute atomic E-state index is 11.5. The number of carbonyl (C=O) groups excluding carboxylic acids is 1. The Kier molecular flexibility index (Phi) is 4.33. The van der Waals surface area contributed by atoms with E-state index in [0.29, 0.717) is 6.54 Å². The summed E-state index contributed by atoms with van der Waals surface area (Å²) in [5, 5.41) is 5.97. The molecule has 1 aliphatic rings. The molecule has 1 fully saturated rings. The average molecular weight is 252 g/mol. The second-order valence-corrected chi connectivity index (χ2v) is 4.83. The number of H-pyrrole nitrogens is 1. The number of amides is 1. The quantitative estimate of drug-likeness (QED) is 0.589. The molecule has 6 heteroatoms. The molecule has 0 aromatic carbocycles. The number of ether oxygens (including phenoxy) is 1. The van der Waals surface area contributed by atoms with Crippen molar-refractivity contribution in [2.24, 2.45) is 0 Å². The van der Waals surface area contributed by atoms with Gasteiger partial charge in [-0.25, -0.2) is 4.98 Å². The maximum Gasteiger partial charge on any atom is 0.246 e. The number of hydrogen-bond donors (Lipinski definition) is 3. The van der Waals surface area contributed by atoms with Gasteiger partial charge in [0.05, 0.1) is 5.60 Å². The Morgan fingerprint density at radius 2 is 2.44 bits per heavy atom. The van der Waals surface area contributed by atoms with Crippen LogP contribution in [0.25, 0.3) is 0 Å². The van der Waals surface area contributed by atoms with E-state index in [-0.39, 0.29) is 18.1 Å². The highest BCUT2D eigenvalue weighted by molar-refractivity contribution is 5.77. The number of imidazole rings is 1. The van der Waals surface area contributed by atoms with Crippen LogP contribution >= 0.6 is 0 Å². The standard InChI is InChI=1S/C12H20N4O2/c1-12(8-13-9-12)18-7-11(17)16-4-2-3-10-14-5-6-15-10/h5-6,13H,2-4,7-9H2,1H3,(H,14,15)(H,16,17). The fourth-order valence-electron chi connectivity index (χ4n) is 1.79. The third kappa shape index (κ3) is 3.82. The van der Waals surface area contributed by atoms with Gasteiger partial charge in [-0.2, -0.15) is 0 Å². The average Bonchev–Trinajstić information content (AvgIpc) is 2.82. The smallest absolute Gasteiger partial charge is 0.246 e. The van der Waals surface area contributed by atoms with Gasteiger partial charge in [-0.05, 0) is 13.3 Å². The predicted octanol–water partition coefficient (Wildman–Crippen LogP) is -0.163. The van der Waals surface area contributed by atoms with E-state index < -0.39 is 0 Å². The van der Waals surface area contributed by atoms with Crippen molar-refractivity contribution in [3.8, 4) is 0 Å². The summed E-state index contributed by atoms with van der Waals surface area (Å²) in [6.45, 7) is 4.43. The molecule has 0 atom stereocenters. The highest BCUT2D eigenvalue weighted by Crippen LogP contribution is 2.14. The van der Waals surface area contributed by atoms with Gasteiger partial charge in [-0.15, -0.1) is 0 Å². The maximum atomic E-state index is 11.5. The number of rotatable bonds is 7. The number of carbonyl (C=O) groups is 1. The molecule has 3 N–H and O–H groups in total. The van der Waals surface area contributed by atoms with E-state index in [1.807, 2.05) is 6.92 Å². The summed E-state index contributed by atoms with van der Waals surface area (Å²) in [6.07, 6.45) is 5.25. The van der Waals surface area contributed by atoms with Gasteiger partial charge in [0.15, 0.2) is 0 Å². The summed E-state index contributed by atoms with van der Waals surface area (Å²) < 4.78 is 5.54. The molecule has 0 spiro atoms. The van der Waals surface area contributed by atoms with Crippen molar-refractivity contribution < 1.29 is 9.53 Å². The van der Waals surface area contributed by atoms with Gasteiger partial charge in [0.2, 0.25) is 5.91 Å². The minimum atomic E-state index is -0.161. The van der Waals surface area contributed by atoms with Crippen LogP contribution in [0.1, 0.15) is 19.2 Å². The minimum Gasteiger partial charge on any atom is -0.363 e. The first-order valence-electron chi connectivity index (χ1n) is 6.28. The number of aryl methyl sites for hydroxylation is 1. The molecule has 2 rings (SSSR count). The SMILES string of the molecule is CC1(OCC(=O)NCCCc2ncc[nH]2)CNC1. The van der Waals surface area contributed by atoms with Crippen LogP contribution in [0.15, 0.2) is 12.4 Å². The number of aromatic nitrogens is 2. The number of aromatic amines is 1. The summed E-state index contributed by atoms with van der Waals surface area (Å²) in [5.41, 5.74) is -0.161. The Labute approximate surface area is 107 Å². The second-order valence-electron chi connectivity index (χ2n) is 4.83. The Morgan fingerprint density at radius 3 is 3.06 bits per heavy atom. The summed E-state index contributed by atoms with van der Waals surface area (Å²) in [7, 11) is 0. The van der Waals surface area contributed by atoms with Crippen molar-refractivity contribution >= 4 is 5.91 Å². The molecule has 0 bridgehead atoms. The van der Waals surface area contributed by atoms with Gasteiger partial charge in [0, 0.05) is 38.4 Å². The Hall–Kier alpha value is -1.40. The summed E-state index contributed by atoms with van der Waals surface area (Å²) >= 11 is 0. The van der Waals surface area contributed by atoms with Gasteiger partial charge in [-0.1, -0.05) is 0 Å². The molecule has 0 radical (unpaired) electrons. The van der Waals surface area contributed by atoms with Gasteiger partial charge in [0.25, 0.3) is 0 Å². The Bertz CT molecular complexity index is 373. The summed E-state index contributed by atoms with van der Waals surface area (Å²) in [6, 6.07) is 0. The van der Waals surface area contributed by atoms with Crippen LogP contribution in [0.4, 0.5) is 0 Å². The molecule has 0 aliphatic carbocycles. The molecule has 6 nitrogen and oxygen atoms in total. The van der Waals surface area contributed by atoms with Crippen LogP contribution in [0.5, 0.6) is 0 Å². The number of hydrogen-bond acceptors (Lipinski definition) is 4. The lowest BCUT2D eigenvalue weighted by molar-refractivity contribution is -0.135. The monoisotopic (exact) mass is 252 g/mol. The van der Waals surface area contributed by atoms with E-state index in [2.05, 4.69) is 20.6 Å². The summed E-state index contributed by atoms with van der Waals surface area (Å²) in [5.74, 6) is 0.899. The highest BCUT2D eigenvalue weighted by Gasteiger charge is 2.32. The van der Waals surface area contributed by atoms with Crippen molar-refractivity contribution in [3.63, 3.8) is 0 Å². The van der Waals surface area contributed by atoms with E-state index in [4.69, 9.17) is 4.74 Å². The van der Waals surface area contributed by atoms with Crippen molar-refractivity contribution in [1.82, 2.24) is 20.6 Å². The van der Waals surface area contributed by atoms with Crippen molar-refractivity contribution in [2.45, 2.75) is 25.4 Å². The van der Waals surface area contributed by atoms with Crippen molar-refractivity contribution in [1.29, 1.82) is 0 Å². The van der Waals surface area contributed by atoms with Crippen molar-refractivity contribution in [2.75, 3.05) is 26.2 Å². The van der Waals surface area contributed by atoms with Gasteiger partial charge in [-0.3, -0.25) is 4.79 Å². The lowest BCUT2D eigenvalue weighted by atomic mass is 10.0. The first kappa shape index (κ1) is 13.0. The fraction of sp³-hybridized carbons (Fsp3) is 0.667. The Balaban J connectivity index is 1.52. The van der Waals surface area contributed by atoms with Crippen LogP contribution in [0, 0.1) is 0 Å². The molecule has 18 heavy (non-hydrogen) atoms. The summed E-state index contributed by atoms with van der Waals surface area (Å²) in [4.78, 5) is 18.7. The van der Waals surface area contributed by atoms with E-state index in [0.717, 1.165) is 31.8 Å². The lowest BCUT2D eigenvalue weighted by Gasteiger charge is -2.38. The molecule has 1 aromatic heterocycles. The van der Waals surface area contributed by atoms with E-state index in [9.17, 15) is 4.79 Å². The lowest BCUT2D eigenvalue weighted by Crippen LogP contribution is -2.59. The topological polar surface area (TPSA) is 79.0 Å². The zero-order valence-corrected chi connectivity index (χ0v) is 10.7. The molecule has 0 saturated carbocycles. The second kappa shape index (κ2) is 5.97. The molecule has 1 saturated heterocycles. The minimum absolute atomic E-state index is 0.0532. The molecule has 0 unspecified atom stereocenters. The van der Waals surface area contributed by atoms with Crippen LogP contribution in [-0.2, 0) is 16.0 Å². The molecular weight excluding hydrogens is 232 g/mol. The largest absolute Gasteiger partial charge is 0.363 e. The van der Waals surface area contributed by atoms with Crippen LogP contribution < -0.4 is 10.6 Å². The normalized spacial score (nSPS) is 17.2. The molecule has 100 valence electrons. The van der Waals surface area contributed by atoms with E-state index in [1.165, 1.54) is 0 Å². The van der Waals surface area contributed by atoms with Crippen LogP contribution in [0.2, 0.25) is 0 Å². The van der Waals surface area contributed by atoms with Gasteiger partial charge >= 0.3 is 0 Å². The zero-order valence-electron chi connectivity index (χ0n) is 10.7. The molecule has 1 aliphatic heterocycles. The number of nitrogens with one attached hydrogen (secondary N) is 3. The molecule has 1 amide bonds. The highest BCUT2D eigenvalue weighted by atomic mass is 16.5. The number of nitrogens with zero attached hydrogens (tertiary/aromatic N) is 1. The van der Waals surface area contributed by atoms with E-state index in [1.54, 1.807) is 12.4 Å². The molecule has 2 heterocycles. The first-order chi connectivity index (χ1) is 8.68.